The quantitative estimate of drug-likeness (QED) is 0.362. The number of nitrogens with zero attached hydrogens (tertiary/aromatic N) is 4. The van der Waals surface area contributed by atoms with Gasteiger partial charge in [0.25, 0.3) is 0 Å². The molecular weight excluding hydrogens is 506 g/mol. The number of anilines is 1. The van der Waals surface area contributed by atoms with Crippen LogP contribution in [0.3, 0.4) is 0 Å². The van der Waals surface area contributed by atoms with Crippen molar-refractivity contribution in [1.82, 2.24) is 19.4 Å². The molecule has 4 rings (SSSR count). The maximum Gasteiger partial charge on any atom is 0.317 e. The van der Waals surface area contributed by atoms with Gasteiger partial charge in [-0.3, -0.25) is 29.2 Å². The fourth-order valence-electron chi connectivity index (χ4n) is 5.52. The first-order valence-corrected chi connectivity index (χ1v) is 14.0. The monoisotopic (exact) mass is 545 g/mol. The van der Waals surface area contributed by atoms with E-state index in [0.717, 1.165) is 43.4 Å². The van der Waals surface area contributed by atoms with E-state index in [1.165, 1.54) is 0 Å². The number of benzene rings is 2. The maximum absolute atomic E-state index is 14.0. The molecule has 1 fully saturated rings. The second-order valence-corrected chi connectivity index (χ2v) is 10.8. The molecule has 2 N–H and O–H groups in total. The number of hydrogen-bond donors (Lipinski definition) is 2. The standard InChI is InChI=1S/C31H39N5O4/c1-22(2)35(30(40)29(34(3)21-28(38)39)24-15-9-5-10-16-24)20-27(37)33-31-32-26(23-13-7-4-8-14-23)19-36(31)25-17-11-6-12-18-25/h4,6-8,11-14,17-19,22,24,29H,5,9-10,15-16,20-21H2,1-3H3,(H,38,39)(H,32,33,37)/t29-/m0/s1. The molecule has 0 unspecified atom stereocenters. The molecule has 1 aliphatic rings. The summed E-state index contributed by atoms with van der Waals surface area (Å²) in [6, 6.07) is 18.5. The van der Waals surface area contributed by atoms with Crippen molar-refractivity contribution in [3.8, 4) is 16.9 Å². The van der Waals surface area contributed by atoms with Gasteiger partial charge in [0.05, 0.1) is 18.3 Å². The number of amides is 2. The zero-order chi connectivity index (χ0) is 28.6. The van der Waals surface area contributed by atoms with E-state index in [1.807, 2.05) is 85.3 Å². The van der Waals surface area contributed by atoms with E-state index in [2.05, 4.69) is 5.32 Å². The van der Waals surface area contributed by atoms with Crippen molar-refractivity contribution in [3.63, 3.8) is 0 Å². The molecule has 2 aromatic carbocycles. The third-order valence-electron chi connectivity index (χ3n) is 7.49. The lowest BCUT2D eigenvalue weighted by Gasteiger charge is -2.39. The fourth-order valence-corrected chi connectivity index (χ4v) is 5.52. The van der Waals surface area contributed by atoms with E-state index >= 15 is 0 Å². The Morgan fingerprint density at radius 3 is 2.20 bits per heavy atom. The van der Waals surface area contributed by atoms with Crippen molar-refractivity contribution in [2.75, 3.05) is 25.5 Å². The number of carbonyl (C=O) groups is 3. The van der Waals surface area contributed by atoms with Crippen LogP contribution in [-0.4, -0.2) is 74.5 Å². The third kappa shape index (κ3) is 7.15. The summed E-state index contributed by atoms with van der Waals surface area (Å²) < 4.78 is 1.83. The average Bonchev–Trinajstić information content (AvgIpc) is 3.36. The smallest absolute Gasteiger partial charge is 0.317 e. The van der Waals surface area contributed by atoms with Crippen LogP contribution in [0.15, 0.2) is 66.9 Å². The molecule has 0 bridgehead atoms. The van der Waals surface area contributed by atoms with Crippen LogP contribution < -0.4 is 5.32 Å². The first kappa shape index (κ1) is 29.0. The lowest BCUT2D eigenvalue weighted by atomic mass is 9.82. The largest absolute Gasteiger partial charge is 0.480 e. The number of para-hydroxylation sites is 1. The first-order valence-electron chi connectivity index (χ1n) is 14.0. The van der Waals surface area contributed by atoms with Gasteiger partial charge in [-0.2, -0.15) is 0 Å². The number of nitrogens with one attached hydrogen (secondary N) is 1. The molecule has 1 saturated carbocycles. The van der Waals surface area contributed by atoms with Gasteiger partial charge in [-0.05, 0) is 51.8 Å². The van der Waals surface area contributed by atoms with Crippen molar-refractivity contribution in [1.29, 1.82) is 0 Å². The predicted molar refractivity (Wildman–Crippen MR) is 155 cm³/mol. The topological polar surface area (TPSA) is 108 Å². The molecule has 0 saturated heterocycles. The van der Waals surface area contributed by atoms with E-state index < -0.39 is 12.0 Å². The summed E-state index contributed by atoms with van der Waals surface area (Å²) in [6.07, 6.45) is 6.78. The second kappa shape index (κ2) is 13.4. The highest BCUT2D eigenvalue weighted by atomic mass is 16.4. The molecular formula is C31H39N5O4. The highest BCUT2D eigenvalue weighted by Crippen LogP contribution is 2.30. The SMILES string of the molecule is CC(C)N(CC(=O)Nc1nc(-c2ccccc2)cn1-c1ccccc1)C(=O)[C@H](C1CCCCC1)N(C)CC(=O)O. The summed E-state index contributed by atoms with van der Waals surface area (Å²) in [4.78, 5) is 46.8. The van der Waals surface area contributed by atoms with E-state index in [4.69, 9.17) is 4.98 Å². The number of carboxylic acids is 1. The van der Waals surface area contributed by atoms with Crippen LogP contribution in [0.2, 0.25) is 0 Å². The van der Waals surface area contributed by atoms with Gasteiger partial charge >= 0.3 is 5.97 Å². The van der Waals surface area contributed by atoms with Crippen LogP contribution in [0.4, 0.5) is 5.95 Å². The number of aromatic nitrogens is 2. The summed E-state index contributed by atoms with van der Waals surface area (Å²) in [7, 11) is 1.69. The number of rotatable bonds is 11. The normalized spacial score (nSPS) is 14.7. The van der Waals surface area contributed by atoms with Crippen LogP contribution in [0.1, 0.15) is 46.0 Å². The van der Waals surface area contributed by atoms with Crippen molar-refractivity contribution in [2.45, 2.75) is 58.0 Å². The van der Waals surface area contributed by atoms with Gasteiger partial charge in [-0.1, -0.05) is 67.8 Å². The van der Waals surface area contributed by atoms with E-state index in [1.54, 1.807) is 16.8 Å². The van der Waals surface area contributed by atoms with Crippen LogP contribution in [0.5, 0.6) is 0 Å². The van der Waals surface area contributed by atoms with Crippen molar-refractivity contribution >= 4 is 23.7 Å². The molecule has 3 aromatic rings. The third-order valence-corrected chi connectivity index (χ3v) is 7.49. The van der Waals surface area contributed by atoms with Crippen LogP contribution in [-0.2, 0) is 14.4 Å². The molecule has 1 atom stereocenters. The molecule has 1 aromatic heterocycles. The van der Waals surface area contributed by atoms with Gasteiger partial charge in [0.2, 0.25) is 17.8 Å². The van der Waals surface area contributed by atoms with Crippen LogP contribution >= 0.6 is 0 Å². The van der Waals surface area contributed by atoms with Crippen molar-refractivity contribution < 1.29 is 19.5 Å². The molecule has 2 amide bonds. The van der Waals surface area contributed by atoms with Gasteiger partial charge in [-0.25, -0.2) is 4.98 Å². The van der Waals surface area contributed by atoms with Crippen molar-refractivity contribution in [3.05, 3.63) is 66.9 Å². The molecule has 0 radical (unpaired) electrons. The molecule has 0 aliphatic heterocycles. The molecule has 1 heterocycles. The highest BCUT2D eigenvalue weighted by molar-refractivity contribution is 5.95. The summed E-state index contributed by atoms with van der Waals surface area (Å²) in [5.41, 5.74) is 2.48. The molecule has 1 aliphatic carbocycles. The number of hydrogen-bond acceptors (Lipinski definition) is 5. The van der Waals surface area contributed by atoms with E-state index in [-0.39, 0.29) is 36.9 Å². The molecule has 212 valence electrons. The lowest BCUT2D eigenvalue weighted by Crippen LogP contribution is -2.55. The minimum atomic E-state index is -0.980. The number of likely N-dealkylation sites (N-methyl/N-ethyl adjacent to an activating group) is 1. The fraction of sp³-hybridized carbons (Fsp3) is 0.419. The van der Waals surface area contributed by atoms with Gasteiger partial charge in [0.1, 0.15) is 6.54 Å². The Morgan fingerprint density at radius 1 is 0.975 bits per heavy atom. The van der Waals surface area contributed by atoms with Gasteiger partial charge in [0, 0.05) is 23.5 Å². The summed E-state index contributed by atoms with van der Waals surface area (Å²) in [5, 5.41) is 12.4. The molecule has 9 nitrogen and oxygen atoms in total. The number of carboxylic acid groups (broad SMARTS) is 1. The van der Waals surface area contributed by atoms with Crippen LogP contribution in [0.25, 0.3) is 16.9 Å². The molecule has 40 heavy (non-hydrogen) atoms. The van der Waals surface area contributed by atoms with E-state index in [0.29, 0.717) is 11.6 Å². The Morgan fingerprint density at radius 2 is 1.60 bits per heavy atom. The molecule has 0 spiro atoms. The summed E-state index contributed by atoms with van der Waals surface area (Å²) in [5.74, 6) is -1.14. The van der Waals surface area contributed by atoms with Gasteiger partial charge < -0.3 is 10.0 Å². The Bertz CT molecular complexity index is 1290. The van der Waals surface area contributed by atoms with E-state index in [9.17, 15) is 19.5 Å². The van der Waals surface area contributed by atoms with Gasteiger partial charge in [0.15, 0.2) is 0 Å². The Kier molecular flexibility index (Phi) is 9.71. The predicted octanol–water partition coefficient (Wildman–Crippen LogP) is 4.68. The number of imidazole rings is 1. The maximum atomic E-state index is 14.0. The minimum absolute atomic E-state index is 0.0559. The molecule has 9 heteroatoms. The minimum Gasteiger partial charge on any atom is -0.480 e. The lowest BCUT2D eigenvalue weighted by molar-refractivity contribution is -0.146. The Balaban J connectivity index is 1.58. The Hall–Kier alpha value is -3.98. The second-order valence-electron chi connectivity index (χ2n) is 10.8. The zero-order valence-corrected chi connectivity index (χ0v) is 23.5. The summed E-state index contributed by atoms with van der Waals surface area (Å²) in [6.45, 7) is 3.35. The Labute approximate surface area is 235 Å². The summed E-state index contributed by atoms with van der Waals surface area (Å²) >= 11 is 0. The van der Waals surface area contributed by atoms with Crippen molar-refractivity contribution in [2.24, 2.45) is 5.92 Å². The van der Waals surface area contributed by atoms with Gasteiger partial charge in [-0.15, -0.1) is 0 Å². The number of carbonyl (C=O) groups excluding carboxylic acids is 2. The highest BCUT2D eigenvalue weighted by Gasteiger charge is 2.37. The zero-order valence-electron chi connectivity index (χ0n) is 23.5. The average molecular weight is 546 g/mol. The first-order chi connectivity index (χ1) is 19.2. The van der Waals surface area contributed by atoms with Crippen LogP contribution in [0, 0.1) is 5.92 Å². The number of aliphatic carboxylic acids is 1.